The fraction of sp³-hybridized carbons (Fsp3) is 0.700. The van der Waals surface area contributed by atoms with Gasteiger partial charge in [-0.2, -0.15) is 0 Å². The summed E-state index contributed by atoms with van der Waals surface area (Å²) in [6, 6.07) is 0. The van der Waals surface area contributed by atoms with E-state index in [0.29, 0.717) is 11.0 Å². The van der Waals surface area contributed by atoms with E-state index in [0.717, 1.165) is 22.3 Å². The summed E-state index contributed by atoms with van der Waals surface area (Å²) in [6.07, 6.45) is 1.69. The van der Waals surface area contributed by atoms with E-state index in [1.54, 1.807) is 23.1 Å². The molecule has 1 aliphatic carbocycles. The second-order valence-corrected chi connectivity index (χ2v) is 6.64. The van der Waals surface area contributed by atoms with E-state index in [1.807, 2.05) is 25.9 Å². The number of rotatable bonds is 3. The zero-order valence-corrected chi connectivity index (χ0v) is 11.3. The average molecular weight is 257 g/mol. The fourth-order valence-electron chi connectivity index (χ4n) is 1.69. The van der Waals surface area contributed by atoms with Crippen LogP contribution >= 0.6 is 23.1 Å². The Morgan fingerprint density at radius 2 is 2.19 bits per heavy atom. The quantitative estimate of drug-likeness (QED) is 0.829. The Hall–Kier alpha value is -0.620. The standard InChI is InChI=1S/C10H15N3OS2/c1-6-7(14)4-5-8(6)15-10-12-11-9(16-10)13(2)3/h6,8H,4-5H2,1-3H3. The fourth-order valence-corrected chi connectivity index (χ4v) is 3.92. The minimum absolute atomic E-state index is 0.164. The molecule has 1 heterocycles. The molecule has 1 saturated carbocycles. The Morgan fingerprint density at radius 1 is 1.44 bits per heavy atom. The molecule has 16 heavy (non-hydrogen) atoms. The molecule has 1 aromatic rings. The highest BCUT2D eigenvalue weighted by Crippen LogP contribution is 2.38. The molecule has 2 atom stereocenters. The molecular weight excluding hydrogens is 242 g/mol. The lowest BCUT2D eigenvalue weighted by Gasteiger charge is -2.10. The third kappa shape index (κ3) is 2.38. The van der Waals surface area contributed by atoms with Crippen LogP contribution in [0, 0.1) is 5.92 Å². The van der Waals surface area contributed by atoms with Gasteiger partial charge in [-0.3, -0.25) is 4.79 Å². The second kappa shape index (κ2) is 4.71. The third-order valence-corrected chi connectivity index (χ3v) is 5.43. The van der Waals surface area contributed by atoms with Gasteiger partial charge in [0.05, 0.1) is 0 Å². The molecule has 0 N–H and O–H groups in total. The van der Waals surface area contributed by atoms with Crippen LogP contribution in [0.2, 0.25) is 0 Å². The Morgan fingerprint density at radius 3 is 2.69 bits per heavy atom. The smallest absolute Gasteiger partial charge is 0.208 e. The predicted molar refractivity (Wildman–Crippen MR) is 67.3 cm³/mol. The Bertz CT molecular complexity index is 391. The number of thioether (sulfide) groups is 1. The number of carbonyl (C=O) groups is 1. The molecule has 1 aliphatic rings. The van der Waals surface area contributed by atoms with Gasteiger partial charge in [-0.25, -0.2) is 0 Å². The normalized spacial score (nSPS) is 25.1. The summed E-state index contributed by atoms with van der Waals surface area (Å²) < 4.78 is 0.968. The van der Waals surface area contributed by atoms with Gasteiger partial charge in [-0.15, -0.1) is 10.2 Å². The summed E-state index contributed by atoms with van der Waals surface area (Å²) in [6.45, 7) is 2.01. The van der Waals surface area contributed by atoms with Crippen LogP contribution in [0.5, 0.6) is 0 Å². The largest absolute Gasteiger partial charge is 0.353 e. The Balaban J connectivity index is 2.01. The summed E-state index contributed by atoms with van der Waals surface area (Å²) in [7, 11) is 3.91. The van der Waals surface area contributed by atoms with Gasteiger partial charge >= 0.3 is 0 Å². The van der Waals surface area contributed by atoms with Crippen molar-refractivity contribution in [2.24, 2.45) is 5.92 Å². The zero-order valence-electron chi connectivity index (χ0n) is 9.64. The number of Topliss-reactive ketones (excluding diaryl/α,β-unsaturated/α-hetero) is 1. The SMILES string of the molecule is CC1C(=O)CCC1Sc1nnc(N(C)C)s1. The molecule has 0 saturated heterocycles. The van der Waals surface area contributed by atoms with Crippen LogP contribution in [0.25, 0.3) is 0 Å². The van der Waals surface area contributed by atoms with E-state index in [2.05, 4.69) is 10.2 Å². The minimum atomic E-state index is 0.164. The van der Waals surface area contributed by atoms with Gasteiger partial charge in [0.1, 0.15) is 5.78 Å². The minimum Gasteiger partial charge on any atom is -0.353 e. The predicted octanol–water partition coefficient (Wildman–Crippen LogP) is 2.06. The van der Waals surface area contributed by atoms with Gasteiger partial charge in [0.15, 0.2) is 4.34 Å². The van der Waals surface area contributed by atoms with Crippen molar-refractivity contribution in [2.75, 3.05) is 19.0 Å². The van der Waals surface area contributed by atoms with Crippen LogP contribution in [0.15, 0.2) is 4.34 Å². The second-order valence-electron chi connectivity index (χ2n) is 4.19. The van der Waals surface area contributed by atoms with Crippen molar-refractivity contribution < 1.29 is 4.79 Å². The number of carbonyl (C=O) groups excluding carboxylic acids is 1. The van der Waals surface area contributed by atoms with Crippen molar-refractivity contribution in [3.05, 3.63) is 0 Å². The number of anilines is 1. The summed E-state index contributed by atoms with van der Waals surface area (Å²) in [5, 5.41) is 9.53. The van der Waals surface area contributed by atoms with Crippen LogP contribution in [-0.4, -0.2) is 35.3 Å². The number of hydrogen-bond donors (Lipinski definition) is 0. The monoisotopic (exact) mass is 257 g/mol. The molecule has 0 spiro atoms. The molecule has 88 valence electrons. The summed E-state index contributed by atoms with van der Waals surface area (Å²) >= 11 is 3.29. The van der Waals surface area contributed by atoms with Gasteiger partial charge in [0.2, 0.25) is 5.13 Å². The molecule has 4 nitrogen and oxygen atoms in total. The van der Waals surface area contributed by atoms with Crippen molar-refractivity contribution in [3.63, 3.8) is 0 Å². The molecule has 6 heteroatoms. The average Bonchev–Trinajstić information content (AvgIpc) is 2.81. The summed E-state index contributed by atoms with van der Waals surface area (Å²) in [5.74, 6) is 0.548. The number of hydrogen-bond acceptors (Lipinski definition) is 6. The highest BCUT2D eigenvalue weighted by Gasteiger charge is 2.32. The summed E-state index contributed by atoms with van der Waals surface area (Å²) in [4.78, 5) is 13.4. The summed E-state index contributed by atoms with van der Waals surface area (Å²) in [5.41, 5.74) is 0. The Kier molecular flexibility index (Phi) is 3.49. The third-order valence-electron chi connectivity index (χ3n) is 2.77. The van der Waals surface area contributed by atoms with Crippen LogP contribution in [0.3, 0.4) is 0 Å². The highest BCUT2D eigenvalue weighted by molar-refractivity contribution is 8.01. The maximum Gasteiger partial charge on any atom is 0.208 e. The molecule has 2 rings (SSSR count). The maximum atomic E-state index is 11.4. The van der Waals surface area contributed by atoms with Crippen molar-refractivity contribution >= 4 is 34.0 Å². The molecule has 0 amide bonds. The first-order chi connectivity index (χ1) is 7.58. The van der Waals surface area contributed by atoms with Crippen molar-refractivity contribution in [3.8, 4) is 0 Å². The molecule has 0 aromatic carbocycles. The lowest BCUT2D eigenvalue weighted by atomic mass is 10.1. The molecule has 2 unspecified atom stereocenters. The Labute approximate surface area is 103 Å². The first kappa shape index (κ1) is 11.9. The zero-order chi connectivity index (χ0) is 11.7. The first-order valence-electron chi connectivity index (χ1n) is 5.28. The van der Waals surface area contributed by atoms with Crippen LogP contribution in [0.1, 0.15) is 19.8 Å². The molecule has 0 aliphatic heterocycles. The van der Waals surface area contributed by atoms with Crippen LogP contribution in [0.4, 0.5) is 5.13 Å². The molecule has 1 aromatic heterocycles. The van der Waals surface area contributed by atoms with E-state index in [1.165, 1.54) is 0 Å². The van der Waals surface area contributed by atoms with E-state index in [-0.39, 0.29) is 5.92 Å². The van der Waals surface area contributed by atoms with E-state index in [4.69, 9.17) is 0 Å². The molecule has 0 bridgehead atoms. The van der Waals surface area contributed by atoms with Crippen LogP contribution < -0.4 is 4.90 Å². The van der Waals surface area contributed by atoms with E-state index >= 15 is 0 Å². The molecule has 0 radical (unpaired) electrons. The maximum absolute atomic E-state index is 11.4. The highest BCUT2D eigenvalue weighted by atomic mass is 32.2. The van der Waals surface area contributed by atoms with E-state index < -0.39 is 0 Å². The molecular formula is C10H15N3OS2. The van der Waals surface area contributed by atoms with Gasteiger partial charge in [-0.05, 0) is 6.42 Å². The van der Waals surface area contributed by atoms with Crippen molar-refractivity contribution in [1.29, 1.82) is 0 Å². The van der Waals surface area contributed by atoms with Gasteiger partial charge in [-0.1, -0.05) is 30.0 Å². The van der Waals surface area contributed by atoms with Crippen LogP contribution in [-0.2, 0) is 4.79 Å². The number of nitrogens with zero attached hydrogens (tertiary/aromatic N) is 3. The van der Waals surface area contributed by atoms with Crippen molar-refractivity contribution in [2.45, 2.75) is 29.4 Å². The van der Waals surface area contributed by atoms with Gasteiger partial charge in [0.25, 0.3) is 0 Å². The number of ketones is 1. The lowest BCUT2D eigenvalue weighted by molar-refractivity contribution is -0.120. The number of aromatic nitrogens is 2. The first-order valence-corrected chi connectivity index (χ1v) is 6.97. The lowest BCUT2D eigenvalue weighted by Crippen LogP contribution is -2.11. The molecule has 1 fully saturated rings. The topological polar surface area (TPSA) is 46.1 Å². The van der Waals surface area contributed by atoms with Crippen molar-refractivity contribution in [1.82, 2.24) is 10.2 Å². The van der Waals surface area contributed by atoms with Gasteiger partial charge in [0, 0.05) is 31.7 Å². The van der Waals surface area contributed by atoms with Gasteiger partial charge < -0.3 is 4.90 Å². The van der Waals surface area contributed by atoms with E-state index in [9.17, 15) is 4.79 Å².